The van der Waals surface area contributed by atoms with Gasteiger partial charge in [0.1, 0.15) is 0 Å². The fraction of sp³-hybridized carbons (Fsp3) is 0.263. The standard InChI is InChI=1S/C19H20O4/c1-10-6-11(2)16-13(4)8-14(18(20)21)9-15(19(22)23-5)17(16)12(3)7-10/h6-9H,1-5H3,(H,20,21). The van der Waals surface area contributed by atoms with Crippen LogP contribution in [0.3, 0.4) is 0 Å². The van der Waals surface area contributed by atoms with Crippen LogP contribution in [-0.4, -0.2) is 24.2 Å². The first-order valence-corrected chi connectivity index (χ1v) is 7.30. The van der Waals surface area contributed by atoms with Gasteiger partial charge < -0.3 is 9.84 Å². The lowest BCUT2D eigenvalue weighted by molar-refractivity contribution is -0.135. The highest BCUT2D eigenvalue weighted by atomic mass is 16.5. The summed E-state index contributed by atoms with van der Waals surface area (Å²) in [4.78, 5) is 23.8. The Kier molecular flexibility index (Phi) is 4.55. The third-order valence-corrected chi connectivity index (χ3v) is 3.91. The first kappa shape index (κ1) is 16.7. The maximum Gasteiger partial charge on any atom is 0.338 e. The summed E-state index contributed by atoms with van der Waals surface area (Å²) in [6.07, 6.45) is 7.01. The number of allylic oxidation sites excluding steroid dienone is 8. The van der Waals surface area contributed by atoms with Crippen molar-refractivity contribution < 1.29 is 19.4 Å². The molecule has 0 bridgehead atoms. The van der Waals surface area contributed by atoms with Crippen molar-refractivity contribution in [2.45, 2.75) is 27.7 Å². The van der Waals surface area contributed by atoms with Crippen molar-refractivity contribution in [1.29, 1.82) is 0 Å². The van der Waals surface area contributed by atoms with Crippen LogP contribution in [0.5, 0.6) is 0 Å². The molecule has 0 radical (unpaired) electrons. The molecule has 0 unspecified atom stereocenters. The van der Waals surface area contributed by atoms with Gasteiger partial charge in [0.15, 0.2) is 0 Å². The van der Waals surface area contributed by atoms with Gasteiger partial charge in [0.2, 0.25) is 0 Å². The van der Waals surface area contributed by atoms with E-state index < -0.39 is 11.9 Å². The maximum absolute atomic E-state index is 12.3. The van der Waals surface area contributed by atoms with Crippen LogP contribution in [0.15, 0.2) is 68.9 Å². The van der Waals surface area contributed by atoms with Crippen molar-refractivity contribution in [2.24, 2.45) is 0 Å². The number of aliphatic carboxylic acids is 1. The molecule has 2 rings (SSSR count). The summed E-state index contributed by atoms with van der Waals surface area (Å²) in [7, 11) is 1.30. The zero-order valence-corrected chi connectivity index (χ0v) is 14.0. The van der Waals surface area contributed by atoms with Gasteiger partial charge in [-0.1, -0.05) is 17.7 Å². The van der Waals surface area contributed by atoms with Crippen LogP contribution in [0, 0.1) is 0 Å². The molecule has 0 fully saturated rings. The number of esters is 1. The van der Waals surface area contributed by atoms with Gasteiger partial charge in [0.05, 0.1) is 18.3 Å². The van der Waals surface area contributed by atoms with Gasteiger partial charge in [0, 0.05) is 0 Å². The van der Waals surface area contributed by atoms with E-state index in [0.717, 1.165) is 33.4 Å². The molecule has 23 heavy (non-hydrogen) atoms. The maximum atomic E-state index is 12.3. The van der Waals surface area contributed by atoms with Gasteiger partial charge in [-0.05, 0) is 67.7 Å². The summed E-state index contributed by atoms with van der Waals surface area (Å²) < 4.78 is 4.88. The van der Waals surface area contributed by atoms with Crippen molar-refractivity contribution >= 4 is 11.9 Å². The van der Waals surface area contributed by atoms with E-state index in [0.29, 0.717) is 0 Å². The predicted octanol–water partition coefficient (Wildman–Crippen LogP) is 3.65. The number of carboxylic acid groups (broad SMARTS) is 1. The third-order valence-electron chi connectivity index (χ3n) is 3.91. The zero-order chi connectivity index (χ0) is 17.3. The SMILES string of the molecule is COC(=O)C1=C2C(C)=CC(C)=CC(C)=C2C(C)=CC(C(=O)O)=C1. The molecule has 4 nitrogen and oxygen atoms in total. The highest BCUT2D eigenvalue weighted by Gasteiger charge is 2.26. The molecule has 0 saturated heterocycles. The smallest absolute Gasteiger partial charge is 0.338 e. The first-order valence-electron chi connectivity index (χ1n) is 7.30. The molecule has 0 spiro atoms. The minimum atomic E-state index is -1.07. The van der Waals surface area contributed by atoms with E-state index in [1.165, 1.54) is 13.2 Å². The normalized spacial score (nSPS) is 18.1. The molecular weight excluding hydrogens is 292 g/mol. The van der Waals surface area contributed by atoms with Crippen LogP contribution in [0.4, 0.5) is 0 Å². The lowest BCUT2D eigenvalue weighted by Gasteiger charge is -2.16. The van der Waals surface area contributed by atoms with Crippen molar-refractivity contribution in [3.63, 3.8) is 0 Å². The summed E-state index contributed by atoms with van der Waals surface area (Å²) in [6, 6.07) is 0. The Hall–Kier alpha value is -2.62. The molecule has 1 N–H and O–H groups in total. The summed E-state index contributed by atoms with van der Waals surface area (Å²) in [5, 5.41) is 9.39. The molecule has 0 aromatic heterocycles. The Morgan fingerprint density at radius 2 is 1.52 bits per heavy atom. The van der Waals surface area contributed by atoms with Crippen molar-refractivity contribution in [1.82, 2.24) is 0 Å². The molecule has 0 aliphatic heterocycles. The van der Waals surface area contributed by atoms with Crippen LogP contribution in [0.2, 0.25) is 0 Å². The van der Waals surface area contributed by atoms with E-state index >= 15 is 0 Å². The molecular formula is C19H20O4. The Bertz CT molecular complexity index is 780. The number of fused-ring (bicyclic) bond motifs is 1. The van der Waals surface area contributed by atoms with Crippen LogP contribution < -0.4 is 0 Å². The first-order chi connectivity index (χ1) is 10.8. The molecule has 0 heterocycles. The predicted molar refractivity (Wildman–Crippen MR) is 88.7 cm³/mol. The number of hydrogen-bond acceptors (Lipinski definition) is 3. The van der Waals surface area contributed by atoms with Crippen LogP contribution in [0.25, 0.3) is 0 Å². The van der Waals surface area contributed by atoms with Crippen LogP contribution in [-0.2, 0) is 14.3 Å². The van der Waals surface area contributed by atoms with Crippen molar-refractivity contribution in [3.05, 3.63) is 68.9 Å². The number of methoxy groups -OCH3 is 1. The van der Waals surface area contributed by atoms with Crippen molar-refractivity contribution in [3.8, 4) is 0 Å². The highest BCUT2D eigenvalue weighted by molar-refractivity contribution is 6.00. The number of rotatable bonds is 2. The summed E-state index contributed by atoms with van der Waals surface area (Å²) in [5.74, 6) is -1.62. The number of carbonyl (C=O) groups excluding carboxylic acids is 1. The molecule has 0 saturated carbocycles. The number of ether oxygens (including phenoxy) is 1. The quantitative estimate of drug-likeness (QED) is 0.791. The van der Waals surface area contributed by atoms with E-state index in [9.17, 15) is 14.7 Å². The molecule has 4 heteroatoms. The van der Waals surface area contributed by atoms with E-state index in [1.54, 1.807) is 6.08 Å². The fourth-order valence-electron chi connectivity index (χ4n) is 3.09. The third kappa shape index (κ3) is 3.11. The second-order valence-electron chi connectivity index (χ2n) is 5.79. The van der Waals surface area contributed by atoms with Crippen LogP contribution in [0.1, 0.15) is 27.7 Å². The number of carboxylic acids is 1. The van der Waals surface area contributed by atoms with E-state index in [4.69, 9.17) is 4.74 Å². The highest BCUT2D eigenvalue weighted by Crippen LogP contribution is 2.38. The van der Waals surface area contributed by atoms with E-state index in [-0.39, 0.29) is 11.1 Å². The molecule has 2 aliphatic rings. The van der Waals surface area contributed by atoms with Gasteiger partial charge in [-0.15, -0.1) is 0 Å². The van der Waals surface area contributed by atoms with Gasteiger partial charge in [-0.25, -0.2) is 9.59 Å². The second kappa shape index (κ2) is 6.24. The average molecular weight is 312 g/mol. The van der Waals surface area contributed by atoms with Gasteiger partial charge >= 0.3 is 11.9 Å². The molecule has 0 aromatic carbocycles. The Morgan fingerprint density at radius 1 is 0.913 bits per heavy atom. The fourth-order valence-corrected chi connectivity index (χ4v) is 3.09. The molecule has 2 aliphatic carbocycles. The monoisotopic (exact) mass is 312 g/mol. The molecule has 0 atom stereocenters. The van der Waals surface area contributed by atoms with Gasteiger partial charge in [0.25, 0.3) is 0 Å². The lowest BCUT2D eigenvalue weighted by Crippen LogP contribution is -2.09. The summed E-state index contributed by atoms with van der Waals surface area (Å²) in [6.45, 7) is 7.73. The largest absolute Gasteiger partial charge is 0.478 e. The Balaban J connectivity index is 2.93. The van der Waals surface area contributed by atoms with E-state index in [2.05, 4.69) is 0 Å². The van der Waals surface area contributed by atoms with Gasteiger partial charge in [-0.3, -0.25) is 0 Å². The topological polar surface area (TPSA) is 63.6 Å². The summed E-state index contributed by atoms with van der Waals surface area (Å²) >= 11 is 0. The Morgan fingerprint density at radius 3 is 2.09 bits per heavy atom. The molecule has 0 aromatic rings. The van der Waals surface area contributed by atoms with Crippen LogP contribution >= 0.6 is 0 Å². The minimum Gasteiger partial charge on any atom is -0.478 e. The zero-order valence-electron chi connectivity index (χ0n) is 14.0. The average Bonchev–Trinajstić information content (AvgIpc) is 2.68. The summed E-state index contributed by atoms with van der Waals surface area (Å²) in [5.41, 5.74) is 5.72. The minimum absolute atomic E-state index is 0.0669. The lowest BCUT2D eigenvalue weighted by atomic mass is 9.88. The van der Waals surface area contributed by atoms with Gasteiger partial charge in [-0.2, -0.15) is 0 Å². The van der Waals surface area contributed by atoms with Crippen molar-refractivity contribution in [2.75, 3.05) is 7.11 Å². The van der Waals surface area contributed by atoms with E-state index in [1.807, 2.05) is 39.8 Å². The molecule has 0 amide bonds. The molecule has 120 valence electrons. The number of hydrogen-bond donors (Lipinski definition) is 1. The second-order valence-corrected chi connectivity index (χ2v) is 5.79. The number of carbonyl (C=O) groups is 2. The Labute approximate surface area is 135 Å².